The molecule has 0 aliphatic rings. The molecule has 3 nitrogen and oxygen atoms in total. The number of aliphatic hydroxyl groups excluding tert-OH is 1. The molecule has 0 radical (unpaired) electrons. The molecule has 1 aromatic rings. The van der Waals surface area contributed by atoms with Gasteiger partial charge in [-0.2, -0.15) is 18.3 Å². The normalized spacial score (nSPS) is 12.4. The van der Waals surface area contributed by atoms with E-state index in [2.05, 4.69) is 5.10 Å². The van der Waals surface area contributed by atoms with Crippen molar-refractivity contribution in [3.63, 3.8) is 0 Å². The van der Waals surface area contributed by atoms with E-state index in [0.29, 0.717) is 12.8 Å². The summed E-state index contributed by atoms with van der Waals surface area (Å²) in [4.78, 5) is 0. The summed E-state index contributed by atoms with van der Waals surface area (Å²) in [6.07, 6.45) is -2.24. The fraction of sp³-hybridized carbons (Fsp3) is 0.700. The van der Waals surface area contributed by atoms with Crippen molar-refractivity contribution in [2.45, 2.75) is 45.5 Å². The van der Waals surface area contributed by atoms with Gasteiger partial charge in [-0.25, -0.2) is 0 Å². The molecule has 0 fully saturated rings. The van der Waals surface area contributed by atoms with E-state index in [9.17, 15) is 13.2 Å². The zero-order chi connectivity index (χ0) is 12.3. The number of hydrogen-bond acceptors (Lipinski definition) is 2. The van der Waals surface area contributed by atoms with Crippen molar-refractivity contribution in [3.05, 3.63) is 17.5 Å². The molecular formula is C10H15F3N2O. The van der Waals surface area contributed by atoms with E-state index in [1.165, 1.54) is 0 Å². The van der Waals surface area contributed by atoms with Crippen LogP contribution in [0.1, 0.15) is 44.0 Å². The zero-order valence-electron chi connectivity index (χ0n) is 9.25. The van der Waals surface area contributed by atoms with Gasteiger partial charge in [0.15, 0.2) is 0 Å². The van der Waals surface area contributed by atoms with E-state index in [4.69, 9.17) is 5.11 Å². The molecule has 0 amide bonds. The maximum Gasteiger partial charge on any atom is 0.433 e. The summed E-state index contributed by atoms with van der Waals surface area (Å²) in [7, 11) is 0. The Morgan fingerprint density at radius 3 is 2.31 bits per heavy atom. The molecule has 1 rings (SSSR count). The van der Waals surface area contributed by atoms with Crippen molar-refractivity contribution in [2.75, 3.05) is 0 Å². The number of hydrogen-bond donors (Lipinski definition) is 1. The molecule has 0 aromatic carbocycles. The molecule has 16 heavy (non-hydrogen) atoms. The van der Waals surface area contributed by atoms with Crippen molar-refractivity contribution in [1.82, 2.24) is 9.78 Å². The van der Waals surface area contributed by atoms with Crippen LogP contribution in [0.15, 0.2) is 6.20 Å². The zero-order valence-corrected chi connectivity index (χ0v) is 9.25. The lowest BCUT2D eigenvalue weighted by molar-refractivity contribution is -0.146. The molecule has 0 aliphatic heterocycles. The molecule has 1 aromatic heterocycles. The Bertz CT molecular complexity index is 342. The van der Waals surface area contributed by atoms with Crippen LogP contribution in [0.25, 0.3) is 0 Å². The third-order valence-electron chi connectivity index (χ3n) is 2.60. The second-order valence-electron chi connectivity index (χ2n) is 3.59. The van der Waals surface area contributed by atoms with E-state index in [0.717, 1.165) is 10.9 Å². The number of alkyl halides is 3. The van der Waals surface area contributed by atoms with Gasteiger partial charge in [0.2, 0.25) is 0 Å². The fourth-order valence-electron chi connectivity index (χ4n) is 1.74. The Labute approximate surface area is 91.9 Å². The molecule has 0 saturated heterocycles. The maximum absolute atomic E-state index is 12.8. The summed E-state index contributed by atoms with van der Waals surface area (Å²) >= 11 is 0. The predicted molar refractivity (Wildman–Crippen MR) is 52.8 cm³/mol. The van der Waals surface area contributed by atoms with Crippen LogP contribution in [-0.4, -0.2) is 14.9 Å². The van der Waals surface area contributed by atoms with Crippen LogP contribution in [0.5, 0.6) is 0 Å². The second kappa shape index (κ2) is 4.86. The Hall–Kier alpha value is -1.04. The summed E-state index contributed by atoms with van der Waals surface area (Å²) < 4.78 is 39.3. The Kier molecular flexibility index (Phi) is 3.96. The third kappa shape index (κ3) is 2.37. The quantitative estimate of drug-likeness (QED) is 0.872. The van der Waals surface area contributed by atoms with Crippen LogP contribution in [-0.2, 0) is 12.8 Å². The van der Waals surface area contributed by atoms with Crippen LogP contribution in [0.4, 0.5) is 13.2 Å². The highest BCUT2D eigenvalue weighted by Gasteiger charge is 2.38. The van der Waals surface area contributed by atoms with E-state index in [-0.39, 0.29) is 11.6 Å². The topological polar surface area (TPSA) is 38.0 Å². The summed E-state index contributed by atoms with van der Waals surface area (Å²) in [5.74, 6) is 0. The number of rotatable bonds is 4. The van der Waals surface area contributed by atoms with Crippen molar-refractivity contribution in [3.8, 4) is 0 Å². The number of aliphatic hydroxyl groups is 1. The largest absolute Gasteiger partial charge is 0.433 e. The molecule has 0 spiro atoms. The van der Waals surface area contributed by atoms with Gasteiger partial charge in [-0.05, 0) is 12.8 Å². The molecule has 0 aliphatic carbocycles. The summed E-state index contributed by atoms with van der Waals surface area (Å²) in [6, 6.07) is -0.281. The van der Waals surface area contributed by atoms with Gasteiger partial charge in [-0.1, -0.05) is 13.8 Å². The molecule has 6 heteroatoms. The Morgan fingerprint density at radius 1 is 1.38 bits per heavy atom. The average molecular weight is 236 g/mol. The third-order valence-corrected chi connectivity index (χ3v) is 2.60. The van der Waals surface area contributed by atoms with Gasteiger partial charge in [-0.3, -0.25) is 4.68 Å². The van der Waals surface area contributed by atoms with Gasteiger partial charge >= 0.3 is 6.18 Å². The highest BCUT2D eigenvalue weighted by atomic mass is 19.4. The van der Waals surface area contributed by atoms with Gasteiger partial charge in [0.1, 0.15) is 5.69 Å². The van der Waals surface area contributed by atoms with Gasteiger partial charge in [0, 0.05) is 5.56 Å². The first-order valence-electron chi connectivity index (χ1n) is 5.20. The number of aromatic nitrogens is 2. The van der Waals surface area contributed by atoms with Crippen LogP contribution < -0.4 is 0 Å². The molecule has 0 unspecified atom stereocenters. The minimum absolute atomic E-state index is 0.167. The monoisotopic (exact) mass is 236 g/mol. The molecule has 1 heterocycles. The summed E-state index contributed by atoms with van der Waals surface area (Å²) in [5.41, 5.74) is -0.997. The smallest absolute Gasteiger partial charge is 0.392 e. The second-order valence-corrected chi connectivity index (χ2v) is 3.59. The highest BCUT2D eigenvalue weighted by molar-refractivity contribution is 5.20. The lowest BCUT2D eigenvalue weighted by Gasteiger charge is -2.18. The minimum atomic E-state index is -4.48. The minimum Gasteiger partial charge on any atom is -0.392 e. The fourth-order valence-corrected chi connectivity index (χ4v) is 1.74. The van der Waals surface area contributed by atoms with E-state index in [1.807, 2.05) is 13.8 Å². The molecule has 1 N–H and O–H groups in total. The first kappa shape index (κ1) is 13.0. The van der Waals surface area contributed by atoms with Crippen molar-refractivity contribution >= 4 is 0 Å². The highest BCUT2D eigenvalue weighted by Crippen LogP contribution is 2.34. The molecule has 0 atom stereocenters. The Morgan fingerprint density at radius 2 is 1.94 bits per heavy atom. The van der Waals surface area contributed by atoms with E-state index in [1.54, 1.807) is 0 Å². The van der Waals surface area contributed by atoms with Crippen molar-refractivity contribution in [1.29, 1.82) is 0 Å². The van der Waals surface area contributed by atoms with Gasteiger partial charge in [0.25, 0.3) is 0 Å². The maximum atomic E-state index is 12.8. The standard InChI is InChI=1S/C10H15F3N2O/c1-3-8(4-2)15-9(10(11,12)13)7(6-16)5-14-15/h5,8,16H,3-4,6H2,1-2H3. The van der Waals surface area contributed by atoms with Crippen LogP contribution >= 0.6 is 0 Å². The lowest BCUT2D eigenvalue weighted by Crippen LogP contribution is -2.20. The summed E-state index contributed by atoms with van der Waals surface area (Å²) in [5, 5.41) is 12.6. The molecule has 92 valence electrons. The van der Waals surface area contributed by atoms with Gasteiger partial charge in [-0.15, -0.1) is 0 Å². The predicted octanol–water partition coefficient (Wildman–Crippen LogP) is 2.76. The van der Waals surface area contributed by atoms with Crippen LogP contribution in [0.2, 0.25) is 0 Å². The number of nitrogens with zero attached hydrogens (tertiary/aromatic N) is 2. The van der Waals surface area contributed by atoms with E-state index >= 15 is 0 Å². The first-order chi connectivity index (χ1) is 7.45. The first-order valence-corrected chi connectivity index (χ1v) is 5.20. The average Bonchev–Trinajstić information content (AvgIpc) is 2.63. The van der Waals surface area contributed by atoms with Crippen LogP contribution in [0.3, 0.4) is 0 Å². The Balaban J connectivity index is 3.24. The van der Waals surface area contributed by atoms with E-state index < -0.39 is 18.5 Å². The molecule has 0 saturated carbocycles. The van der Waals surface area contributed by atoms with Gasteiger partial charge < -0.3 is 5.11 Å². The van der Waals surface area contributed by atoms with Crippen molar-refractivity contribution in [2.24, 2.45) is 0 Å². The van der Waals surface area contributed by atoms with Crippen LogP contribution in [0, 0.1) is 0 Å². The van der Waals surface area contributed by atoms with Crippen molar-refractivity contribution < 1.29 is 18.3 Å². The SMILES string of the molecule is CCC(CC)n1ncc(CO)c1C(F)(F)F. The molecular weight excluding hydrogens is 221 g/mol. The summed E-state index contributed by atoms with van der Waals surface area (Å²) in [6.45, 7) is 2.98. The number of halogens is 3. The van der Waals surface area contributed by atoms with Gasteiger partial charge in [0.05, 0.1) is 18.8 Å². The molecule has 0 bridgehead atoms. The lowest BCUT2D eigenvalue weighted by atomic mass is 10.1.